The minimum atomic E-state index is 0.0740. The third kappa shape index (κ3) is 2.81. The lowest BCUT2D eigenvalue weighted by atomic mass is 9.60. The Balaban J connectivity index is 1.86. The highest BCUT2D eigenvalue weighted by atomic mass is 16.3. The van der Waals surface area contributed by atoms with Crippen molar-refractivity contribution in [3.05, 3.63) is 71.5 Å². The molecule has 5 aromatic rings. The van der Waals surface area contributed by atoms with Crippen molar-refractivity contribution in [3.8, 4) is 11.3 Å². The van der Waals surface area contributed by atoms with Crippen LogP contribution in [0.25, 0.3) is 44.1 Å². The lowest BCUT2D eigenvalue weighted by molar-refractivity contribution is -0.659. The van der Waals surface area contributed by atoms with Crippen LogP contribution in [0.5, 0.6) is 0 Å². The van der Waals surface area contributed by atoms with Gasteiger partial charge in [0.2, 0.25) is 11.4 Å². The Bertz CT molecular complexity index is 1590. The van der Waals surface area contributed by atoms with E-state index in [0.717, 1.165) is 23.1 Å². The molecule has 0 bridgehead atoms. The number of furan rings is 1. The highest BCUT2D eigenvalue weighted by Gasteiger charge is 2.42. The fourth-order valence-electron chi connectivity index (χ4n) is 6.21. The second-order valence-electron chi connectivity index (χ2n) is 11.1. The predicted molar refractivity (Wildman–Crippen MR) is 136 cm³/mol. The molecule has 0 fully saturated rings. The molecule has 3 aromatic heterocycles. The van der Waals surface area contributed by atoms with Gasteiger partial charge in [-0.25, -0.2) is 9.55 Å². The van der Waals surface area contributed by atoms with Crippen molar-refractivity contribution in [1.82, 2.24) is 4.98 Å². The average molecular weight is 436 g/mol. The van der Waals surface area contributed by atoms with Gasteiger partial charge in [0.05, 0.1) is 5.56 Å². The zero-order valence-corrected chi connectivity index (χ0v) is 20.4. The molecule has 166 valence electrons. The maximum Gasteiger partial charge on any atom is 0.227 e. The molecule has 0 saturated carbocycles. The molecule has 6 rings (SSSR count). The van der Waals surface area contributed by atoms with Crippen molar-refractivity contribution in [2.45, 2.75) is 58.3 Å². The molecule has 0 amide bonds. The molecule has 0 spiro atoms. The third-order valence-corrected chi connectivity index (χ3v) is 7.93. The molecule has 3 nitrogen and oxygen atoms in total. The van der Waals surface area contributed by atoms with Gasteiger partial charge in [-0.2, -0.15) is 0 Å². The summed E-state index contributed by atoms with van der Waals surface area (Å²) in [6, 6.07) is 15.1. The smallest absolute Gasteiger partial charge is 0.227 e. The zero-order valence-electron chi connectivity index (χ0n) is 20.4. The summed E-state index contributed by atoms with van der Waals surface area (Å²) in [6.07, 6.45) is 6.40. The van der Waals surface area contributed by atoms with Gasteiger partial charge in [-0.1, -0.05) is 45.9 Å². The summed E-state index contributed by atoms with van der Waals surface area (Å²) in [5, 5.41) is 4.85. The van der Waals surface area contributed by atoms with Crippen LogP contribution in [0.3, 0.4) is 0 Å². The van der Waals surface area contributed by atoms with Crippen LogP contribution in [0.1, 0.15) is 57.2 Å². The van der Waals surface area contributed by atoms with E-state index in [0.29, 0.717) is 0 Å². The summed E-state index contributed by atoms with van der Waals surface area (Å²) in [7, 11) is 2.14. The number of hydrogen-bond donors (Lipinski definition) is 0. The van der Waals surface area contributed by atoms with Crippen LogP contribution >= 0.6 is 0 Å². The molecule has 0 N–H and O–H groups in total. The van der Waals surface area contributed by atoms with Crippen LogP contribution in [0.4, 0.5) is 0 Å². The van der Waals surface area contributed by atoms with Gasteiger partial charge in [0.1, 0.15) is 7.05 Å². The maximum atomic E-state index is 6.59. The number of aryl methyl sites for hydroxylation is 1. The highest BCUT2D eigenvalue weighted by Crippen LogP contribution is 2.54. The summed E-state index contributed by atoms with van der Waals surface area (Å²) in [5.74, 6) is 0. The molecule has 0 aliphatic heterocycles. The van der Waals surface area contributed by atoms with Crippen LogP contribution in [-0.4, -0.2) is 4.98 Å². The molecule has 33 heavy (non-hydrogen) atoms. The predicted octanol–water partition coefficient (Wildman–Crippen LogP) is 7.28. The van der Waals surface area contributed by atoms with Crippen LogP contribution in [0, 0.1) is 6.92 Å². The van der Waals surface area contributed by atoms with Gasteiger partial charge < -0.3 is 4.42 Å². The topological polar surface area (TPSA) is 29.9 Å². The van der Waals surface area contributed by atoms with E-state index >= 15 is 0 Å². The van der Waals surface area contributed by atoms with E-state index in [9.17, 15) is 0 Å². The summed E-state index contributed by atoms with van der Waals surface area (Å²) in [5.41, 5.74) is 8.51. The Morgan fingerprint density at radius 2 is 1.61 bits per heavy atom. The Hall–Kier alpha value is -3.20. The van der Waals surface area contributed by atoms with Gasteiger partial charge in [0, 0.05) is 28.4 Å². The second kappa shape index (κ2) is 6.66. The SMILES string of the molecule is Cc1c2c(c3c(oc4ncccc43)c1-c1cc3ccccc3c[n+]1C)C(C)(C)CCC2(C)C. The maximum absolute atomic E-state index is 6.59. The number of pyridine rings is 2. The molecular formula is C30H31N2O+. The fraction of sp³-hybridized carbons (Fsp3) is 0.333. The van der Waals surface area contributed by atoms with Crippen molar-refractivity contribution in [3.63, 3.8) is 0 Å². The van der Waals surface area contributed by atoms with E-state index in [2.05, 4.69) is 93.8 Å². The van der Waals surface area contributed by atoms with Crippen LogP contribution in [-0.2, 0) is 17.9 Å². The van der Waals surface area contributed by atoms with Crippen LogP contribution in [0.2, 0.25) is 0 Å². The first-order valence-electron chi connectivity index (χ1n) is 11.9. The largest absolute Gasteiger partial charge is 0.437 e. The molecule has 0 atom stereocenters. The molecule has 3 heteroatoms. The Labute approximate surface area is 195 Å². The van der Waals surface area contributed by atoms with Crippen molar-refractivity contribution in [1.29, 1.82) is 0 Å². The normalized spacial score (nSPS) is 17.0. The van der Waals surface area contributed by atoms with Gasteiger partial charge in [0.25, 0.3) is 0 Å². The van der Waals surface area contributed by atoms with Crippen LogP contribution < -0.4 is 4.57 Å². The van der Waals surface area contributed by atoms with E-state index < -0.39 is 0 Å². The highest BCUT2D eigenvalue weighted by molar-refractivity contribution is 6.12. The fourth-order valence-corrected chi connectivity index (χ4v) is 6.21. The summed E-state index contributed by atoms with van der Waals surface area (Å²) in [4.78, 5) is 4.61. The molecule has 2 aromatic carbocycles. The lowest BCUT2D eigenvalue weighted by Crippen LogP contribution is -2.36. The monoisotopic (exact) mass is 435 g/mol. The van der Waals surface area contributed by atoms with Gasteiger partial charge in [-0.15, -0.1) is 0 Å². The standard InChI is InChI=1S/C30H31N2O/c1-18-23(22-16-19-10-7-8-11-20(19)17-32(22)6)27-24(21-12-9-15-31-28(21)33-27)26-25(18)29(2,3)13-14-30(26,4)5/h7-12,15-17H,13-14H2,1-6H3/q+1. The Morgan fingerprint density at radius 1 is 0.909 bits per heavy atom. The first-order valence-corrected chi connectivity index (χ1v) is 11.9. The van der Waals surface area contributed by atoms with Crippen molar-refractivity contribution < 1.29 is 8.98 Å². The molecule has 3 heterocycles. The van der Waals surface area contributed by atoms with Crippen molar-refractivity contribution in [2.75, 3.05) is 0 Å². The van der Waals surface area contributed by atoms with E-state index in [1.54, 1.807) is 0 Å². The third-order valence-electron chi connectivity index (χ3n) is 7.93. The molecule has 0 unspecified atom stereocenters. The summed E-state index contributed by atoms with van der Waals surface area (Å²) in [6.45, 7) is 11.9. The minimum absolute atomic E-state index is 0.0740. The first kappa shape index (κ1) is 20.4. The number of hydrogen-bond acceptors (Lipinski definition) is 2. The lowest BCUT2D eigenvalue weighted by Gasteiger charge is -2.43. The number of nitrogens with zero attached hydrogens (tertiary/aromatic N) is 2. The zero-order chi connectivity index (χ0) is 23.1. The molecule has 1 aliphatic rings. The number of benzene rings is 2. The van der Waals surface area contributed by atoms with Crippen LogP contribution in [0.15, 0.2) is 59.3 Å². The number of fused-ring (bicyclic) bond motifs is 6. The minimum Gasteiger partial charge on any atom is -0.437 e. The van der Waals surface area contributed by atoms with Gasteiger partial charge >= 0.3 is 0 Å². The molecule has 0 radical (unpaired) electrons. The van der Waals surface area contributed by atoms with E-state index in [4.69, 9.17) is 4.42 Å². The van der Waals surface area contributed by atoms with Gasteiger partial charge in [-0.05, 0) is 70.9 Å². The second-order valence-corrected chi connectivity index (χ2v) is 11.1. The Morgan fingerprint density at radius 3 is 2.36 bits per heavy atom. The number of rotatable bonds is 1. The number of aromatic nitrogens is 2. The van der Waals surface area contributed by atoms with Gasteiger partial charge in [-0.3, -0.25) is 0 Å². The van der Waals surface area contributed by atoms with Crippen molar-refractivity contribution in [2.24, 2.45) is 7.05 Å². The Kier molecular flexibility index (Phi) is 4.12. The molecule has 0 saturated heterocycles. The van der Waals surface area contributed by atoms with E-state index in [1.165, 1.54) is 50.5 Å². The summed E-state index contributed by atoms with van der Waals surface area (Å²) >= 11 is 0. The average Bonchev–Trinajstić information content (AvgIpc) is 3.15. The summed E-state index contributed by atoms with van der Waals surface area (Å²) < 4.78 is 8.84. The molecular weight excluding hydrogens is 404 g/mol. The molecule has 1 aliphatic carbocycles. The quantitative estimate of drug-likeness (QED) is 0.259. The van der Waals surface area contributed by atoms with Gasteiger partial charge in [0.15, 0.2) is 11.8 Å². The van der Waals surface area contributed by atoms with E-state index in [1.807, 2.05) is 12.3 Å². The first-order chi connectivity index (χ1) is 15.7. The van der Waals surface area contributed by atoms with Crippen molar-refractivity contribution >= 4 is 32.8 Å². The van der Waals surface area contributed by atoms with E-state index in [-0.39, 0.29) is 10.8 Å².